The van der Waals surface area contributed by atoms with E-state index in [1.54, 1.807) is 0 Å². The van der Waals surface area contributed by atoms with E-state index < -0.39 is 0 Å². The second kappa shape index (κ2) is 6.18. The molecule has 2 unspecified atom stereocenters. The minimum atomic E-state index is 0.268. The number of hydrogen-bond donors (Lipinski definition) is 1. The van der Waals surface area contributed by atoms with Crippen LogP contribution >= 0.6 is 0 Å². The Labute approximate surface area is 127 Å². The minimum Gasteiger partial charge on any atom is -0.385 e. The van der Waals surface area contributed by atoms with Crippen molar-refractivity contribution < 1.29 is 4.79 Å². The van der Waals surface area contributed by atoms with Crippen molar-refractivity contribution in [3.05, 3.63) is 29.3 Å². The number of benzene rings is 1. The summed E-state index contributed by atoms with van der Waals surface area (Å²) in [6.45, 7) is 6.11. The van der Waals surface area contributed by atoms with Crippen LogP contribution < -0.4 is 5.32 Å². The van der Waals surface area contributed by atoms with Gasteiger partial charge in [0.15, 0.2) is 5.78 Å². The van der Waals surface area contributed by atoms with Crippen molar-refractivity contribution in [1.29, 1.82) is 0 Å². The SMILES string of the molecule is CC1CCCC(C)N1CC(=O)c1ccc2c(c1)CCCN2. The highest BCUT2D eigenvalue weighted by molar-refractivity contribution is 5.98. The van der Waals surface area contributed by atoms with Crippen LogP contribution in [0.1, 0.15) is 55.5 Å². The molecule has 3 nitrogen and oxygen atoms in total. The van der Waals surface area contributed by atoms with Crippen LogP contribution in [0.25, 0.3) is 0 Å². The second-order valence-corrected chi connectivity index (χ2v) is 6.63. The lowest BCUT2D eigenvalue weighted by molar-refractivity contribution is 0.0734. The summed E-state index contributed by atoms with van der Waals surface area (Å²) in [4.78, 5) is 15.0. The van der Waals surface area contributed by atoms with Gasteiger partial charge in [-0.1, -0.05) is 6.42 Å². The third-order valence-corrected chi connectivity index (χ3v) is 5.07. The summed E-state index contributed by atoms with van der Waals surface area (Å²) in [6, 6.07) is 7.21. The maximum Gasteiger partial charge on any atom is 0.176 e. The van der Waals surface area contributed by atoms with E-state index in [1.165, 1.54) is 30.5 Å². The van der Waals surface area contributed by atoms with Crippen LogP contribution in [0.5, 0.6) is 0 Å². The molecule has 114 valence electrons. The van der Waals surface area contributed by atoms with Gasteiger partial charge in [-0.15, -0.1) is 0 Å². The lowest BCUT2D eigenvalue weighted by atomic mass is 9.95. The Balaban J connectivity index is 1.73. The predicted octanol–water partition coefficient (Wildman–Crippen LogP) is 3.49. The van der Waals surface area contributed by atoms with Crippen molar-refractivity contribution >= 4 is 11.5 Å². The van der Waals surface area contributed by atoms with Crippen molar-refractivity contribution in [2.45, 2.75) is 58.0 Å². The molecule has 0 bridgehead atoms. The summed E-state index contributed by atoms with van der Waals surface area (Å²) in [5.74, 6) is 0.268. The molecule has 3 heteroatoms. The fourth-order valence-electron chi connectivity index (χ4n) is 3.69. The van der Waals surface area contributed by atoms with Crippen LogP contribution in [0.15, 0.2) is 18.2 Å². The van der Waals surface area contributed by atoms with Crippen molar-refractivity contribution in [2.75, 3.05) is 18.4 Å². The van der Waals surface area contributed by atoms with E-state index in [-0.39, 0.29) is 5.78 Å². The smallest absolute Gasteiger partial charge is 0.176 e. The molecule has 1 aromatic carbocycles. The minimum absolute atomic E-state index is 0.268. The molecule has 0 aromatic heterocycles. The molecule has 0 saturated carbocycles. The van der Waals surface area contributed by atoms with Gasteiger partial charge in [0.1, 0.15) is 0 Å². The molecular weight excluding hydrogens is 260 g/mol. The molecule has 2 atom stereocenters. The van der Waals surface area contributed by atoms with E-state index in [0.717, 1.165) is 24.9 Å². The first-order valence-electron chi connectivity index (χ1n) is 8.31. The molecule has 1 fully saturated rings. The first-order chi connectivity index (χ1) is 10.1. The standard InChI is InChI=1S/C18H26N2O/c1-13-5-3-6-14(2)20(13)12-18(21)16-8-9-17-15(11-16)7-4-10-19-17/h8-9,11,13-14,19H,3-7,10,12H2,1-2H3. The Morgan fingerprint density at radius 1 is 1.24 bits per heavy atom. The summed E-state index contributed by atoms with van der Waals surface area (Å²) in [5, 5.41) is 3.40. The molecule has 0 spiro atoms. The summed E-state index contributed by atoms with van der Waals surface area (Å²) in [6.07, 6.45) is 5.96. The van der Waals surface area contributed by atoms with E-state index in [9.17, 15) is 4.79 Å². The van der Waals surface area contributed by atoms with Crippen molar-refractivity contribution in [1.82, 2.24) is 4.90 Å². The van der Waals surface area contributed by atoms with E-state index in [2.05, 4.69) is 36.2 Å². The number of carbonyl (C=O) groups excluding carboxylic acids is 1. The first-order valence-corrected chi connectivity index (χ1v) is 8.31. The molecule has 2 aliphatic rings. The van der Waals surface area contributed by atoms with Gasteiger partial charge in [-0.2, -0.15) is 0 Å². The first kappa shape index (κ1) is 14.6. The van der Waals surface area contributed by atoms with E-state index in [4.69, 9.17) is 0 Å². The van der Waals surface area contributed by atoms with Gasteiger partial charge in [-0.05, 0) is 63.3 Å². The second-order valence-electron chi connectivity index (χ2n) is 6.63. The number of fused-ring (bicyclic) bond motifs is 1. The van der Waals surface area contributed by atoms with E-state index in [0.29, 0.717) is 18.6 Å². The maximum absolute atomic E-state index is 12.6. The molecule has 1 saturated heterocycles. The normalized spacial score (nSPS) is 26.0. The molecule has 0 amide bonds. The number of likely N-dealkylation sites (tertiary alicyclic amines) is 1. The third kappa shape index (κ3) is 3.13. The van der Waals surface area contributed by atoms with Crippen molar-refractivity contribution in [3.8, 4) is 0 Å². The Morgan fingerprint density at radius 3 is 2.76 bits per heavy atom. The fourth-order valence-corrected chi connectivity index (χ4v) is 3.69. The maximum atomic E-state index is 12.6. The van der Waals surface area contributed by atoms with Crippen molar-refractivity contribution in [3.63, 3.8) is 0 Å². The Kier molecular flexibility index (Phi) is 4.29. The van der Waals surface area contributed by atoms with E-state index >= 15 is 0 Å². The average molecular weight is 286 g/mol. The largest absolute Gasteiger partial charge is 0.385 e. The number of Topliss-reactive ketones (excluding diaryl/α,β-unsaturated/α-hetero) is 1. The number of hydrogen-bond acceptors (Lipinski definition) is 3. The highest BCUT2D eigenvalue weighted by atomic mass is 16.1. The van der Waals surface area contributed by atoms with Crippen LogP contribution in [0.3, 0.4) is 0 Å². The Hall–Kier alpha value is -1.35. The summed E-state index contributed by atoms with van der Waals surface area (Å²) in [5.41, 5.74) is 3.38. The number of aryl methyl sites for hydroxylation is 1. The quantitative estimate of drug-likeness (QED) is 0.863. The molecule has 1 aromatic rings. The molecule has 2 heterocycles. The monoisotopic (exact) mass is 286 g/mol. The molecule has 21 heavy (non-hydrogen) atoms. The number of ketones is 1. The number of carbonyl (C=O) groups is 1. The molecule has 1 N–H and O–H groups in total. The third-order valence-electron chi connectivity index (χ3n) is 5.07. The zero-order chi connectivity index (χ0) is 14.8. The van der Waals surface area contributed by atoms with Gasteiger partial charge in [0.25, 0.3) is 0 Å². The lowest BCUT2D eigenvalue weighted by Crippen LogP contribution is -2.46. The molecular formula is C18H26N2O. The predicted molar refractivity (Wildman–Crippen MR) is 87.1 cm³/mol. The van der Waals surface area contributed by atoms with Crippen LogP contribution in [-0.2, 0) is 6.42 Å². The fraction of sp³-hybridized carbons (Fsp3) is 0.611. The lowest BCUT2D eigenvalue weighted by Gasteiger charge is -2.38. The van der Waals surface area contributed by atoms with Gasteiger partial charge in [0, 0.05) is 29.9 Å². The molecule has 3 rings (SSSR count). The molecule has 0 radical (unpaired) electrons. The zero-order valence-corrected chi connectivity index (χ0v) is 13.2. The number of nitrogens with zero attached hydrogens (tertiary/aromatic N) is 1. The number of rotatable bonds is 3. The van der Waals surface area contributed by atoms with Gasteiger partial charge in [0.2, 0.25) is 0 Å². The van der Waals surface area contributed by atoms with Crippen LogP contribution in [0.4, 0.5) is 5.69 Å². The van der Waals surface area contributed by atoms with Crippen LogP contribution in [0, 0.1) is 0 Å². The summed E-state index contributed by atoms with van der Waals surface area (Å²) in [7, 11) is 0. The van der Waals surface area contributed by atoms with Gasteiger partial charge in [-0.3, -0.25) is 9.69 Å². The number of piperidine rings is 1. The van der Waals surface area contributed by atoms with Crippen molar-refractivity contribution in [2.24, 2.45) is 0 Å². The van der Waals surface area contributed by atoms with Gasteiger partial charge in [0.05, 0.1) is 6.54 Å². The average Bonchev–Trinajstić information content (AvgIpc) is 2.50. The zero-order valence-electron chi connectivity index (χ0n) is 13.2. The Bertz CT molecular complexity index is 516. The highest BCUT2D eigenvalue weighted by Crippen LogP contribution is 2.25. The number of anilines is 1. The summed E-state index contributed by atoms with van der Waals surface area (Å²) >= 11 is 0. The van der Waals surface area contributed by atoms with Gasteiger partial charge < -0.3 is 5.32 Å². The van der Waals surface area contributed by atoms with Crippen LogP contribution in [0.2, 0.25) is 0 Å². The van der Waals surface area contributed by atoms with Gasteiger partial charge >= 0.3 is 0 Å². The van der Waals surface area contributed by atoms with Gasteiger partial charge in [-0.25, -0.2) is 0 Å². The Morgan fingerprint density at radius 2 is 2.00 bits per heavy atom. The van der Waals surface area contributed by atoms with E-state index in [1.807, 2.05) is 6.07 Å². The number of nitrogens with one attached hydrogen (secondary N) is 1. The summed E-state index contributed by atoms with van der Waals surface area (Å²) < 4.78 is 0. The molecule has 0 aliphatic carbocycles. The topological polar surface area (TPSA) is 32.3 Å². The highest BCUT2D eigenvalue weighted by Gasteiger charge is 2.26. The molecule has 2 aliphatic heterocycles. The van der Waals surface area contributed by atoms with Crippen LogP contribution in [-0.4, -0.2) is 35.9 Å².